The van der Waals surface area contributed by atoms with Crippen molar-refractivity contribution in [1.82, 2.24) is 4.90 Å². The summed E-state index contributed by atoms with van der Waals surface area (Å²) in [5.74, 6) is 3.71. The van der Waals surface area contributed by atoms with Gasteiger partial charge in [0.05, 0.1) is 0 Å². The molecule has 4 aliphatic rings. The summed E-state index contributed by atoms with van der Waals surface area (Å²) in [6.45, 7) is 12.7. The summed E-state index contributed by atoms with van der Waals surface area (Å²) in [5.41, 5.74) is 0.748. The average molecular weight is 235 g/mol. The van der Waals surface area contributed by atoms with Crippen LogP contribution in [0, 0.1) is 29.1 Å². The van der Waals surface area contributed by atoms with E-state index in [4.69, 9.17) is 0 Å². The van der Waals surface area contributed by atoms with Crippen LogP contribution in [0.4, 0.5) is 0 Å². The molecule has 5 atom stereocenters. The van der Waals surface area contributed by atoms with Gasteiger partial charge in [-0.2, -0.15) is 0 Å². The van der Waals surface area contributed by atoms with Gasteiger partial charge in [-0.25, -0.2) is 0 Å². The molecule has 1 nitrogen and oxygen atoms in total. The van der Waals surface area contributed by atoms with E-state index in [-0.39, 0.29) is 0 Å². The monoisotopic (exact) mass is 235 g/mol. The number of hydrogen-bond acceptors (Lipinski definition) is 1. The molecule has 0 aromatic carbocycles. The Kier molecular flexibility index (Phi) is 2.81. The van der Waals surface area contributed by atoms with Crippen LogP contribution < -0.4 is 0 Å². The van der Waals surface area contributed by atoms with Crippen LogP contribution in [0.1, 0.15) is 53.4 Å². The smallest absolute Gasteiger partial charge is 0.0154 e. The molecule has 0 amide bonds. The highest BCUT2D eigenvalue weighted by atomic mass is 15.2. The summed E-state index contributed by atoms with van der Waals surface area (Å²) < 4.78 is 0. The van der Waals surface area contributed by atoms with Crippen molar-refractivity contribution in [2.45, 2.75) is 59.4 Å². The minimum Gasteiger partial charge on any atom is -0.300 e. The summed E-state index contributed by atoms with van der Waals surface area (Å²) in [6, 6.07) is 0.873. The Morgan fingerprint density at radius 1 is 1.06 bits per heavy atom. The van der Waals surface area contributed by atoms with Gasteiger partial charge in [0, 0.05) is 12.6 Å². The van der Waals surface area contributed by atoms with Crippen LogP contribution in [0.15, 0.2) is 0 Å². The van der Waals surface area contributed by atoms with Crippen LogP contribution in [0.25, 0.3) is 0 Å². The van der Waals surface area contributed by atoms with Crippen LogP contribution in [0.5, 0.6) is 0 Å². The standard InChI is InChI=1S/C16H29N/c1-11(2)14-15(12(3)4)17-9-8-16(14)7-5-6-13(16)10-17/h11-15H,5-10H2,1-4H3. The molecular weight excluding hydrogens is 206 g/mol. The van der Waals surface area contributed by atoms with Gasteiger partial charge in [-0.15, -0.1) is 0 Å². The molecule has 1 spiro atoms. The average Bonchev–Trinajstić information content (AvgIpc) is 2.69. The maximum Gasteiger partial charge on any atom is 0.0154 e. The molecule has 0 aromatic rings. The first-order valence-corrected chi connectivity index (χ1v) is 7.80. The number of piperidine rings is 3. The maximum atomic E-state index is 2.85. The minimum absolute atomic E-state index is 0.748. The Labute approximate surface area is 107 Å². The summed E-state index contributed by atoms with van der Waals surface area (Å²) in [7, 11) is 0. The van der Waals surface area contributed by atoms with Gasteiger partial charge in [0.2, 0.25) is 0 Å². The SMILES string of the molecule is CC(C)C1C(C(C)C)C23CCCC2CN1CC3. The molecule has 0 aromatic heterocycles. The predicted molar refractivity (Wildman–Crippen MR) is 72.9 cm³/mol. The molecule has 0 radical (unpaired) electrons. The number of fused-ring (bicyclic) bond motifs is 2. The Hall–Kier alpha value is -0.0400. The van der Waals surface area contributed by atoms with E-state index in [1.807, 2.05) is 0 Å². The lowest BCUT2D eigenvalue weighted by atomic mass is 9.53. The molecular formula is C16H29N. The number of hydrogen-bond donors (Lipinski definition) is 0. The van der Waals surface area contributed by atoms with Gasteiger partial charge in [0.15, 0.2) is 0 Å². The molecule has 3 aliphatic heterocycles. The van der Waals surface area contributed by atoms with Crippen molar-refractivity contribution in [3.8, 4) is 0 Å². The third kappa shape index (κ3) is 1.54. The van der Waals surface area contributed by atoms with Crippen molar-refractivity contribution >= 4 is 0 Å². The van der Waals surface area contributed by atoms with E-state index in [0.717, 1.165) is 35.1 Å². The van der Waals surface area contributed by atoms with Crippen LogP contribution in [0.3, 0.4) is 0 Å². The van der Waals surface area contributed by atoms with E-state index in [0.29, 0.717) is 0 Å². The van der Waals surface area contributed by atoms with Crippen LogP contribution in [0.2, 0.25) is 0 Å². The zero-order valence-corrected chi connectivity index (χ0v) is 12.1. The van der Waals surface area contributed by atoms with Crippen LogP contribution in [-0.4, -0.2) is 24.0 Å². The second kappa shape index (κ2) is 3.98. The van der Waals surface area contributed by atoms with Crippen molar-refractivity contribution in [2.24, 2.45) is 29.1 Å². The zero-order chi connectivity index (χ0) is 12.2. The molecule has 3 saturated heterocycles. The lowest BCUT2D eigenvalue weighted by molar-refractivity contribution is -0.140. The van der Waals surface area contributed by atoms with E-state index in [1.165, 1.54) is 38.8 Å². The first-order chi connectivity index (χ1) is 8.06. The predicted octanol–water partition coefficient (Wildman–Crippen LogP) is 3.79. The summed E-state index contributed by atoms with van der Waals surface area (Å²) in [5, 5.41) is 0. The zero-order valence-electron chi connectivity index (χ0n) is 12.1. The van der Waals surface area contributed by atoms with E-state index >= 15 is 0 Å². The lowest BCUT2D eigenvalue weighted by Crippen LogP contribution is -2.65. The van der Waals surface area contributed by atoms with Crippen molar-refractivity contribution in [1.29, 1.82) is 0 Å². The summed E-state index contributed by atoms with van der Waals surface area (Å²) in [4.78, 5) is 2.85. The molecule has 17 heavy (non-hydrogen) atoms. The van der Waals surface area contributed by atoms with Gasteiger partial charge in [0.1, 0.15) is 0 Å². The van der Waals surface area contributed by atoms with Crippen molar-refractivity contribution in [3.05, 3.63) is 0 Å². The molecule has 5 unspecified atom stereocenters. The van der Waals surface area contributed by atoms with Crippen LogP contribution in [-0.2, 0) is 0 Å². The van der Waals surface area contributed by atoms with Gasteiger partial charge in [-0.05, 0) is 54.9 Å². The first-order valence-electron chi connectivity index (χ1n) is 7.80. The highest BCUT2D eigenvalue weighted by Gasteiger charge is 2.59. The summed E-state index contributed by atoms with van der Waals surface area (Å²) in [6.07, 6.45) is 6.07. The Morgan fingerprint density at radius 3 is 2.47 bits per heavy atom. The number of rotatable bonds is 2. The quantitative estimate of drug-likeness (QED) is 0.704. The molecule has 98 valence electrons. The molecule has 1 heteroatoms. The third-order valence-corrected chi connectivity index (χ3v) is 6.18. The van der Waals surface area contributed by atoms with Crippen molar-refractivity contribution < 1.29 is 0 Å². The fourth-order valence-corrected chi connectivity index (χ4v) is 5.84. The van der Waals surface area contributed by atoms with E-state index < -0.39 is 0 Å². The van der Waals surface area contributed by atoms with Crippen molar-refractivity contribution in [2.75, 3.05) is 13.1 Å². The highest BCUT2D eigenvalue weighted by Crippen LogP contribution is 2.61. The Morgan fingerprint density at radius 2 is 1.82 bits per heavy atom. The van der Waals surface area contributed by atoms with Gasteiger partial charge in [-0.1, -0.05) is 34.1 Å². The summed E-state index contributed by atoms with van der Waals surface area (Å²) >= 11 is 0. The van der Waals surface area contributed by atoms with Gasteiger partial charge < -0.3 is 0 Å². The van der Waals surface area contributed by atoms with Crippen LogP contribution >= 0.6 is 0 Å². The molecule has 4 fully saturated rings. The van der Waals surface area contributed by atoms with Crippen molar-refractivity contribution in [3.63, 3.8) is 0 Å². The Bertz CT molecular complexity index is 296. The van der Waals surface area contributed by atoms with Gasteiger partial charge >= 0.3 is 0 Å². The maximum absolute atomic E-state index is 2.85. The number of nitrogens with zero attached hydrogens (tertiary/aromatic N) is 1. The van der Waals surface area contributed by atoms with Gasteiger partial charge in [-0.3, -0.25) is 4.90 Å². The molecule has 2 bridgehead atoms. The normalized spacial score (nSPS) is 49.1. The van der Waals surface area contributed by atoms with E-state index in [2.05, 4.69) is 32.6 Å². The molecule has 4 rings (SSSR count). The second-order valence-electron chi connectivity index (χ2n) is 7.57. The first kappa shape index (κ1) is 12.0. The van der Waals surface area contributed by atoms with Gasteiger partial charge in [0.25, 0.3) is 0 Å². The van der Waals surface area contributed by atoms with E-state index in [1.54, 1.807) is 0 Å². The Balaban J connectivity index is 1.99. The third-order valence-electron chi connectivity index (χ3n) is 6.18. The molecule has 3 heterocycles. The van der Waals surface area contributed by atoms with E-state index in [9.17, 15) is 0 Å². The fourth-order valence-electron chi connectivity index (χ4n) is 5.84. The lowest BCUT2D eigenvalue weighted by Gasteiger charge is -2.63. The minimum atomic E-state index is 0.748. The molecule has 1 saturated carbocycles. The second-order valence-corrected chi connectivity index (χ2v) is 7.57. The fraction of sp³-hybridized carbons (Fsp3) is 1.00. The highest BCUT2D eigenvalue weighted by molar-refractivity contribution is 5.10. The molecule has 0 N–H and O–H groups in total. The molecule has 1 aliphatic carbocycles. The topological polar surface area (TPSA) is 3.24 Å². The largest absolute Gasteiger partial charge is 0.300 e.